The minimum atomic E-state index is 0.203. The summed E-state index contributed by atoms with van der Waals surface area (Å²) in [6, 6.07) is 0. The Bertz CT molecular complexity index is 266. The second-order valence-corrected chi connectivity index (χ2v) is 5.15. The molecule has 0 aliphatic rings. The molecule has 2 N–H and O–H groups in total. The Morgan fingerprint density at radius 1 is 1.56 bits per heavy atom. The second kappa shape index (κ2) is 7.70. The highest BCUT2D eigenvalue weighted by Crippen LogP contribution is 2.11. The van der Waals surface area contributed by atoms with E-state index < -0.39 is 0 Å². The predicted octanol–water partition coefficient (Wildman–Crippen LogP) is 1.35. The first-order valence-corrected chi connectivity index (χ1v) is 6.89. The van der Waals surface area contributed by atoms with Crippen molar-refractivity contribution in [1.29, 1.82) is 0 Å². The van der Waals surface area contributed by atoms with Gasteiger partial charge in [0.15, 0.2) is 0 Å². The lowest BCUT2D eigenvalue weighted by atomic mass is 10.3. The number of nitrogens with zero attached hydrogens (tertiary/aromatic N) is 2. The van der Waals surface area contributed by atoms with Crippen LogP contribution in [0.2, 0.25) is 0 Å². The first-order valence-electron chi connectivity index (χ1n) is 5.60. The number of H-pyrrole nitrogens is 1. The van der Waals surface area contributed by atoms with Crippen LogP contribution in [0.15, 0.2) is 12.4 Å². The summed E-state index contributed by atoms with van der Waals surface area (Å²) in [6.07, 6.45) is 6.86. The van der Waals surface area contributed by atoms with Gasteiger partial charge in [-0.2, -0.15) is 11.8 Å². The van der Waals surface area contributed by atoms with Gasteiger partial charge in [-0.3, -0.25) is 4.90 Å². The monoisotopic (exact) mass is 243 g/mol. The van der Waals surface area contributed by atoms with Crippen LogP contribution in [0.4, 0.5) is 0 Å². The van der Waals surface area contributed by atoms with Gasteiger partial charge in [0.2, 0.25) is 0 Å². The number of aromatic nitrogens is 2. The van der Waals surface area contributed by atoms with E-state index in [0.29, 0.717) is 11.8 Å². The number of hydrogen-bond acceptors (Lipinski definition) is 4. The van der Waals surface area contributed by atoms with E-state index in [0.717, 1.165) is 25.3 Å². The molecule has 0 aromatic carbocycles. The molecule has 5 heteroatoms. The highest BCUT2D eigenvalue weighted by molar-refractivity contribution is 7.99. The zero-order chi connectivity index (χ0) is 11.8. The van der Waals surface area contributed by atoms with Gasteiger partial charge in [-0.05, 0) is 19.2 Å². The van der Waals surface area contributed by atoms with Crippen LogP contribution >= 0.6 is 11.8 Å². The van der Waals surface area contributed by atoms with Gasteiger partial charge in [0.25, 0.3) is 0 Å². The van der Waals surface area contributed by atoms with Crippen molar-refractivity contribution in [3.8, 4) is 0 Å². The zero-order valence-corrected chi connectivity index (χ0v) is 10.8. The second-order valence-electron chi connectivity index (χ2n) is 3.87. The van der Waals surface area contributed by atoms with Crippen LogP contribution in [0, 0.1) is 0 Å². The highest BCUT2D eigenvalue weighted by atomic mass is 32.2. The molecule has 1 aromatic heterocycles. The summed E-state index contributed by atoms with van der Waals surface area (Å²) in [4.78, 5) is 9.52. The molecule has 92 valence electrons. The summed E-state index contributed by atoms with van der Waals surface area (Å²) in [7, 11) is 0. The number of aromatic amines is 1. The number of aliphatic hydroxyl groups is 1. The number of nitrogens with one attached hydrogen (secondary N) is 1. The number of rotatable bonds is 8. The molecular formula is C11H21N3OS. The lowest BCUT2D eigenvalue weighted by Gasteiger charge is -2.21. The summed E-state index contributed by atoms with van der Waals surface area (Å²) in [5.41, 5.74) is 0. The summed E-state index contributed by atoms with van der Waals surface area (Å²) < 4.78 is 0. The van der Waals surface area contributed by atoms with Crippen LogP contribution in [0.5, 0.6) is 0 Å². The number of thioether (sulfide) groups is 1. The highest BCUT2D eigenvalue weighted by Gasteiger charge is 2.08. The van der Waals surface area contributed by atoms with Gasteiger partial charge < -0.3 is 10.1 Å². The minimum absolute atomic E-state index is 0.203. The first kappa shape index (κ1) is 13.5. The van der Waals surface area contributed by atoms with E-state index in [-0.39, 0.29) is 6.61 Å². The van der Waals surface area contributed by atoms with Crippen LogP contribution in [-0.4, -0.2) is 51.2 Å². The number of imidazole rings is 1. The lowest BCUT2D eigenvalue weighted by Crippen LogP contribution is -2.29. The molecule has 1 rings (SSSR count). The Morgan fingerprint density at radius 2 is 2.38 bits per heavy atom. The summed E-state index contributed by atoms with van der Waals surface area (Å²) >= 11 is 1.88. The Balaban J connectivity index is 2.35. The van der Waals surface area contributed by atoms with Crippen LogP contribution < -0.4 is 0 Å². The van der Waals surface area contributed by atoms with Crippen molar-refractivity contribution in [2.24, 2.45) is 0 Å². The molecule has 16 heavy (non-hydrogen) atoms. The molecule has 0 radical (unpaired) electrons. The molecule has 1 atom stereocenters. The molecule has 0 aliphatic carbocycles. The molecule has 0 fully saturated rings. The molecule has 1 unspecified atom stereocenters. The number of aliphatic hydroxyl groups excluding tert-OH is 1. The van der Waals surface area contributed by atoms with E-state index in [9.17, 15) is 0 Å². The average Bonchev–Trinajstić information content (AvgIpc) is 2.78. The Labute approximate surface area is 101 Å². The number of hydrogen-bond donors (Lipinski definition) is 2. The van der Waals surface area contributed by atoms with Crippen LogP contribution in [0.25, 0.3) is 0 Å². The molecule has 0 spiro atoms. The summed E-state index contributed by atoms with van der Waals surface area (Å²) in [5, 5.41) is 9.67. The topological polar surface area (TPSA) is 52.1 Å². The maximum atomic E-state index is 9.01. The molecule has 1 aromatic rings. The van der Waals surface area contributed by atoms with Gasteiger partial charge in [-0.25, -0.2) is 4.98 Å². The maximum absolute atomic E-state index is 9.01. The van der Waals surface area contributed by atoms with Crippen molar-refractivity contribution < 1.29 is 5.11 Å². The Hall–Kier alpha value is -0.520. The maximum Gasteiger partial charge on any atom is 0.120 e. The van der Waals surface area contributed by atoms with Crippen molar-refractivity contribution in [2.45, 2.75) is 25.1 Å². The fourth-order valence-corrected chi connectivity index (χ4v) is 1.83. The molecule has 0 bridgehead atoms. The van der Waals surface area contributed by atoms with Gasteiger partial charge >= 0.3 is 0 Å². The SMILES string of the molecule is CSC(C)CCN(CCO)Cc1ncc[nH]1. The normalized spacial score (nSPS) is 13.2. The van der Waals surface area contributed by atoms with E-state index in [4.69, 9.17) is 5.11 Å². The zero-order valence-electron chi connectivity index (χ0n) is 10.0. The van der Waals surface area contributed by atoms with E-state index in [1.165, 1.54) is 0 Å². The van der Waals surface area contributed by atoms with Crippen molar-refractivity contribution >= 4 is 11.8 Å². The predicted molar refractivity (Wildman–Crippen MR) is 68.5 cm³/mol. The molecule has 1 heterocycles. The molecule has 0 saturated carbocycles. The smallest absolute Gasteiger partial charge is 0.120 e. The Morgan fingerprint density at radius 3 is 2.94 bits per heavy atom. The van der Waals surface area contributed by atoms with Crippen LogP contribution in [0.1, 0.15) is 19.2 Å². The van der Waals surface area contributed by atoms with E-state index in [1.54, 1.807) is 6.20 Å². The Kier molecular flexibility index (Phi) is 6.52. The molecule has 0 aliphatic heterocycles. The van der Waals surface area contributed by atoms with Crippen molar-refractivity contribution in [3.63, 3.8) is 0 Å². The third-order valence-corrected chi connectivity index (χ3v) is 3.64. The fourth-order valence-electron chi connectivity index (χ4n) is 1.49. The van der Waals surface area contributed by atoms with E-state index >= 15 is 0 Å². The molecule has 4 nitrogen and oxygen atoms in total. The average molecular weight is 243 g/mol. The minimum Gasteiger partial charge on any atom is -0.395 e. The lowest BCUT2D eigenvalue weighted by molar-refractivity contribution is 0.186. The summed E-state index contributed by atoms with van der Waals surface area (Å²) in [5.74, 6) is 0.963. The van der Waals surface area contributed by atoms with Gasteiger partial charge in [0.1, 0.15) is 5.82 Å². The van der Waals surface area contributed by atoms with E-state index in [2.05, 4.69) is 28.0 Å². The van der Waals surface area contributed by atoms with E-state index in [1.807, 2.05) is 18.0 Å². The van der Waals surface area contributed by atoms with Crippen molar-refractivity contribution in [2.75, 3.05) is 26.0 Å². The first-order chi connectivity index (χ1) is 7.76. The third kappa shape index (κ3) is 5.01. The largest absolute Gasteiger partial charge is 0.395 e. The van der Waals surface area contributed by atoms with Gasteiger partial charge in [0, 0.05) is 24.2 Å². The third-order valence-electron chi connectivity index (χ3n) is 2.60. The standard InChI is InChI=1S/C11H21N3OS/c1-10(16-2)3-6-14(7-8-15)9-11-12-4-5-13-11/h4-5,10,15H,3,6-9H2,1-2H3,(H,12,13). The van der Waals surface area contributed by atoms with Gasteiger partial charge in [-0.15, -0.1) is 0 Å². The van der Waals surface area contributed by atoms with Crippen molar-refractivity contribution in [3.05, 3.63) is 18.2 Å². The van der Waals surface area contributed by atoms with Gasteiger partial charge in [0.05, 0.1) is 13.2 Å². The van der Waals surface area contributed by atoms with Crippen LogP contribution in [0.3, 0.4) is 0 Å². The van der Waals surface area contributed by atoms with Crippen molar-refractivity contribution in [1.82, 2.24) is 14.9 Å². The summed E-state index contributed by atoms with van der Waals surface area (Å²) in [6.45, 7) is 4.93. The quantitative estimate of drug-likeness (QED) is 0.723. The molecule has 0 amide bonds. The van der Waals surface area contributed by atoms with Crippen LogP contribution in [-0.2, 0) is 6.54 Å². The fraction of sp³-hybridized carbons (Fsp3) is 0.727. The molecule has 0 saturated heterocycles. The molecular weight excluding hydrogens is 222 g/mol. The van der Waals surface area contributed by atoms with Gasteiger partial charge in [-0.1, -0.05) is 6.92 Å².